The van der Waals surface area contributed by atoms with Gasteiger partial charge in [0.1, 0.15) is 17.6 Å². The van der Waals surface area contributed by atoms with Crippen molar-refractivity contribution in [2.24, 2.45) is 0 Å². The van der Waals surface area contributed by atoms with Crippen molar-refractivity contribution in [3.8, 4) is 11.8 Å². The lowest BCUT2D eigenvalue weighted by Crippen LogP contribution is -2.39. The largest absolute Gasteiger partial charge is 0.480 e. The number of amides is 1. The van der Waals surface area contributed by atoms with Crippen LogP contribution in [0, 0.1) is 11.3 Å². The average molecular weight is 366 g/mol. The summed E-state index contributed by atoms with van der Waals surface area (Å²) in [7, 11) is 0. The Labute approximate surface area is 156 Å². The van der Waals surface area contributed by atoms with Crippen LogP contribution in [0.15, 0.2) is 64.6 Å². The van der Waals surface area contributed by atoms with Gasteiger partial charge in [-0.2, -0.15) is 5.26 Å². The van der Waals surface area contributed by atoms with Gasteiger partial charge in [0.2, 0.25) is 0 Å². The fourth-order valence-corrected chi connectivity index (χ4v) is 3.27. The molecule has 3 aromatic rings. The zero-order chi connectivity index (χ0) is 18.4. The first kappa shape index (κ1) is 17.8. The van der Waals surface area contributed by atoms with Crippen molar-refractivity contribution < 1.29 is 13.9 Å². The summed E-state index contributed by atoms with van der Waals surface area (Å²) >= 11 is 1.59. The Hall–Kier alpha value is -3.04. The maximum absolute atomic E-state index is 13.0. The number of ether oxygens (including phenoxy) is 1. The van der Waals surface area contributed by atoms with Crippen LogP contribution in [0.3, 0.4) is 0 Å². The molecule has 0 spiro atoms. The Morgan fingerprint density at radius 3 is 2.77 bits per heavy atom. The molecule has 1 atom stereocenters. The molecule has 2 aromatic heterocycles. The van der Waals surface area contributed by atoms with Crippen LogP contribution in [0.2, 0.25) is 0 Å². The van der Waals surface area contributed by atoms with Crippen molar-refractivity contribution in [2.45, 2.75) is 26.1 Å². The number of thiophene rings is 1. The number of nitriles is 1. The van der Waals surface area contributed by atoms with Gasteiger partial charge in [-0.1, -0.05) is 18.2 Å². The van der Waals surface area contributed by atoms with Gasteiger partial charge in [0, 0.05) is 4.88 Å². The highest BCUT2D eigenvalue weighted by Gasteiger charge is 2.24. The normalized spacial score (nSPS) is 11.5. The second-order valence-corrected chi connectivity index (χ2v) is 6.75. The van der Waals surface area contributed by atoms with E-state index in [-0.39, 0.29) is 5.91 Å². The van der Waals surface area contributed by atoms with E-state index in [4.69, 9.17) is 9.15 Å². The molecule has 3 rings (SSSR count). The number of hydrogen-bond acceptors (Lipinski definition) is 5. The van der Waals surface area contributed by atoms with E-state index < -0.39 is 6.10 Å². The lowest BCUT2D eigenvalue weighted by Gasteiger charge is -2.25. The zero-order valence-corrected chi connectivity index (χ0v) is 15.1. The molecule has 1 aromatic carbocycles. The Balaban J connectivity index is 1.76. The zero-order valence-electron chi connectivity index (χ0n) is 14.3. The van der Waals surface area contributed by atoms with Crippen LogP contribution >= 0.6 is 11.3 Å². The lowest BCUT2D eigenvalue weighted by molar-refractivity contribution is -0.139. The average Bonchev–Trinajstić information content (AvgIpc) is 3.35. The Morgan fingerprint density at radius 2 is 2.08 bits per heavy atom. The van der Waals surface area contributed by atoms with E-state index >= 15 is 0 Å². The van der Waals surface area contributed by atoms with E-state index in [2.05, 4.69) is 6.07 Å². The highest BCUT2D eigenvalue weighted by Crippen LogP contribution is 2.21. The topological polar surface area (TPSA) is 66.5 Å². The summed E-state index contributed by atoms with van der Waals surface area (Å²) in [6, 6.07) is 16.6. The third-order valence-electron chi connectivity index (χ3n) is 3.82. The van der Waals surface area contributed by atoms with Crippen LogP contribution in [0.1, 0.15) is 23.1 Å². The number of furan rings is 1. The number of carbonyl (C=O) groups excluding carboxylic acids is 1. The lowest BCUT2D eigenvalue weighted by atomic mass is 10.2. The second kappa shape index (κ2) is 8.37. The van der Waals surface area contributed by atoms with Crippen LogP contribution in [0.25, 0.3) is 0 Å². The SMILES string of the molecule is CC(Oc1ccccc1C#N)C(=O)N(Cc1ccco1)Cc1cccs1. The number of hydrogen-bond donors (Lipinski definition) is 0. The van der Waals surface area contributed by atoms with E-state index in [1.165, 1.54) is 0 Å². The maximum atomic E-state index is 13.0. The van der Waals surface area contributed by atoms with Crippen molar-refractivity contribution >= 4 is 17.2 Å². The Kier molecular flexibility index (Phi) is 5.72. The van der Waals surface area contributed by atoms with Crippen LogP contribution in [0.4, 0.5) is 0 Å². The molecule has 5 nitrogen and oxygen atoms in total. The quantitative estimate of drug-likeness (QED) is 0.628. The summed E-state index contributed by atoms with van der Waals surface area (Å²) in [5, 5.41) is 11.2. The fourth-order valence-electron chi connectivity index (χ4n) is 2.55. The molecule has 0 saturated carbocycles. The number of rotatable bonds is 7. The molecule has 0 radical (unpaired) electrons. The monoisotopic (exact) mass is 366 g/mol. The highest BCUT2D eigenvalue weighted by molar-refractivity contribution is 7.09. The first-order chi connectivity index (χ1) is 12.7. The minimum absolute atomic E-state index is 0.164. The molecule has 0 bridgehead atoms. The van der Waals surface area contributed by atoms with Gasteiger partial charge in [-0.25, -0.2) is 0 Å². The molecule has 0 N–H and O–H groups in total. The number of benzene rings is 1. The molecule has 6 heteroatoms. The molecule has 1 amide bonds. The highest BCUT2D eigenvalue weighted by atomic mass is 32.1. The number of nitrogens with zero attached hydrogens (tertiary/aromatic N) is 2. The van der Waals surface area contributed by atoms with Crippen molar-refractivity contribution in [1.29, 1.82) is 5.26 Å². The van der Waals surface area contributed by atoms with E-state index in [9.17, 15) is 10.1 Å². The van der Waals surface area contributed by atoms with Crippen LogP contribution in [0.5, 0.6) is 5.75 Å². The minimum atomic E-state index is -0.723. The summed E-state index contributed by atoms with van der Waals surface area (Å²) in [5.41, 5.74) is 0.406. The Morgan fingerprint density at radius 1 is 1.23 bits per heavy atom. The van der Waals surface area contributed by atoms with E-state index in [0.717, 1.165) is 4.88 Å². The number of carbonyl (C=O) groups is 1. The van der Waals surface area contributed by atoms with Crippen LogP contribution in [-0.2, 0) is 17.9 Å². The molecule has 0 aliphatic heterocycles. The van der Waals surface area contributed by atoms with Crippen molar-refractivity contribution in [1.82, 2.24) is 4.90 Å². The molecule has 132 valence electrons. The van der Waals surface area contributed by atoms with Gasteiger partial charge in [0.15, 0.2) is 6.10 Å². The smallest absolute Gasteiger partial charge is 0.264 e. The summed E-state index contributed by atoms with van der Waals surface area (Å²) in [6.45, 7) is 2.53. The summed E-state index contributed by atoms with van der Waals surface area (Å²) in [5.74, 6) is 0.951. The van der Waals surface area contributed by atoms with Gasteiger partial charge in [-0.15, -0.1) is 11.3 Å². The second-order valence-electron chi connectivity index (χ2n) is 5.72. The van der Waals surface area contributed by atoms with Gasteiger partial charge in [0.05, 0.1) is 24.9 Å². The van der Waals surface area contributed by atoms with Crippen molar-refractivity contribution in [3.63, 3.8) is 0 Å². The number of para-hydroxylation sites is 1. The van der Waals surface area contributed by atoms with Gasteiger partial charge >= 0.3 is 0 Å². The van der Waals surface area contributed by atoms with Gasteiger partial charge in [-0.3, -0.25) is 4.79 Å². The molecule has 1 unspecified atom stereocenters. The first-order valence-corrected chi connectivity index (χ1v) is 9.04. The third kappa shape index (κ3) is 4.32. The van der Waals surface area contributed by atoms with Crippen LogP contribution in [-0.4, -0.2) is 16.9 Å². The van der Waals surface area contributed by atoms with Crippen molar-refractivity contribution in [2.75, 3.05) is 0 Å². The maximum Gasteiger partial charge on any atom is 0.264 e. The predicted octanol–water partition coefficient (Wildman–Crippen LogP) is 4.21. The van der Waals surface area contributed by atoms with E-state index in [0.29, 0.717) is 30.2 Å². The molecule has 0 aliphatic rings. The van der Waals surface area contributed by atoms with Crippen molar-refractivity contribution in [3.05, 3.63) is 76.4 Å². The standard InChI is InChI=1S/C20H18N2O3S/c1-15(25-19-9-3-2-6-16(19)12-21)20(23)22(13-17-7-4-10-24-17)14-18-8-5-11-26-18/h2-11,15H,13-14H2,1H3. The van der Waals surface area contributed by atoms with E-state index in [1.807, 2.05) is 23.6 Å². The summed E-state index contributed by atoms with van der Waals surface area (Å²) in [6.07, 6.45) is 0.867. The molecular formula is C20H18N2O3S. The van der Waals surface area contributed by atoms with Gasteiger partial charge in [0.25, 0.3) is 5.91 Å². The first-order valence-electron chi connectivity index (χ1n) is 8.16. The third-order valence-corrected chi connectivity index (χ3v) is 4.69. The summed E-state index contributed by atoms with van der Waals surface area (Å²) < 4.78 is 11.2. The molecule has 0 fully saturated rings. The molecular weight excluding hydrogens is 348 g/mol. The summed E-state index contributed by atoms with van der Waals surface area (Å²) in [4.78, 5) is 15.8. The molecule has 0 aliphatic carbocycles. The van der Waals surface area contributed by atoms with E-state index in [1.54, 1.807) is 59.8 Å². The Bertz CT molecular complexity index is 846. The van der Waals surface area contributed by atoms with Gasteiger partial charge in [-0.05, 0) is 42.6 Å². The minimum Gasteiger partial charge on any atom is -0.480 e. The van der Waals surface area contributed by atoms with Crippen LogP contribution < -0.4 is 4.74 Å². The molecule has 2 heterocycles. The fraction of sp³-hybridized carbons (Fsp3) is 0.200. The van der Waals surface area contributed by atoms with Gasteiger partial charge < -0.3 is 14.1 Å². The predicted molar refractivity (Wildman–Crippen MR) is 98.5 cm³/mol. The molecule has 0 saturated heterocycles. The molecule has 26 heavy (non-hydrogen) atoms.